The monoisotopic (exact) mass is 707 g/mol. The summed E-state index contributed by atoms with van der Waals surface area (Å²) in [7, 11) is 0. The van der Waals surface area contributed by atoms with E-state index >= 15 is 0 Å². The quantitative estimate of drug-likeness (QED) is 0.231. The van der Waals surface area contributed by atoms with E-state index in [1.54, 1.807) is 48.5 Å². The Bertz CT molecular complexity index is 1830. The highest BCUT2D eigenvalue weighted by Gasteiger charge is 2.57. The van der Waals surface area contributed by atoms with Crippen LogP contribution in [0, 0.1) is 5.92 Å². The largest absolute Gasteiger partial charge is 0.416 e. The van der Waals surface area contributed by atoms with E-state index in [9.17, 15) is 32.3 Å². The molecule has 3 aromatic carbocycles. The summed E-state index contributed by atoms with van der Waals surface area (Å²) in [5, 5.41) is 2.52. The number of hydrogen-bond acceptors (Lipinski definition) is 6. The third-order valence-electron chi connectivity index (χ3n) is 7.14. The van der Waals surface area contributed by atoms with Crippen molar-refractivity contribution in [3.05, 3.63) is 108 Å². The summed E-state index contributed by atoms with van der Waals surface area (Å²) in [4.78, 5) is 54.8. The molecule has 220 valence electrons. The molecule has 7 nitrogen and oxygen atoms in total. The first kappa shape index (κ1) is 29.7. The van der Waals surface area contributed by atoms with Gasteiger partial charge in [0, 0.05) is 26.0 Å². The molecule has 0 spiro atoms. The third-order valence-corrected chi connectivity index (χ3v) is 10.5. The molecule has 0 saturated carbocycles. The summed E-state index contributed by atoms with van der Waals surface area (Å²) in [5.74, 6) is -3.58. The number of alkyl halides is 3. The van der Waals surface area contributed by atoms with Crippen LogP contribution < -0.4 is 15.1 Å². The minimum atomic E-state index is -4.67. The van der Waals surface area contributed by atoms with Gasteiger partial charge in [-0.3, -0.25) is 23.7 Å². The molecule has 3 amide bonds. The number of amides is 3. The van der Waals surface area contributed by atoms with Gasteiger partial charge in [0.05, 0.1) is 22.2 Å². The SMILES string of the molecule is O=C(Cn1c2c(sc1=O)[C@@H](c1ccc(Br)cc1)[C@@H]1C(=O)N(c3cccc(C(F)(F)F)c3)C(=O)[C@@H]1S2)Nc1ccc(Cl)cc1. The maximum atomic E-state index is 13.9. The van der Waals surface area contributed by atoms with Crippen LogP contribution in [0.4, 0.5) is 24.5 Å². The molecular weight excluding hydrogens is 691 g/mol. The number of benzene rings is 3. The highest BCUT2D eigenvalue weighted by Crippen LogP contribution is 2.54. The zero-order chi connectivity index (χ0) is 30.6. The van der Waals surface area contributed by atoms with Crippen LogP contribution in [0.3, 0.4) is 0 Å². The number of thiazole rings is 1. The summed E-state index contributed by atoms with van der Waals surface area (Å²) in [6, 6.07) is 17.6. The zero-order valence-electron chi connectivity index (χ0n) is 21.6. The molecule has 0 unspecified atom stereocenters. The second-order valence-corrected chi connectivity index (χ2v) is 13.3. The van der Waals surface area contributed by atoms with Crippen molar-refractivity contribution in [2.45, 2.75) is 28.9 Å². The van der Waals surface area contributed by atoms with Gasteiger partial charge in [0.25, 0.3) is 0 Å². The number of aromatic nitrogens is 1. The fraction of sp³-hybridized carbons (Fsp3) is 0.172. The summed E-state index contributed by atoms with van der Waals surface area (Å²) in [6.45, 7) is -0.357. The minimum absolute atomic E-state index is 0.183. The van der Waals surface area contributed by atoms with E-state index in [1.165, 1.54) is 10.6 Å². The predicted molar refractivity (Wildman–Crippen MR) is 162 cm³/mol. The predicted octanol–water partition coefficient (Wildman–Crippen LogP) is 6.78. The second-order valence-electron chi connectivity index (χ2n) is 9.83. The molecule has 43 heavy (non-hydrogen) atoms. The van der Waals surface area contributed by atoms with Gasteiger partial charge in [-0.25, -0.2) is 4.90 Å². The smallest absolute Gasteiger partial charge is 0.325 e. The first-order valence-electron chi connectivity index (χ1n) is 12.7. The van der Waals surface area contributed by atoms with E-state index in [0.717, 1.165) is 50.7 Å². The van der Waals surface area contributed by atoms with Crippen molar-refractivity contribution in [2.75, 3.05) is 10.2 Å². The van der Waals surface area contributed by atoms with Crippen molar-refractivity contribution in [3.63, 3.8) is 0 Å². The number of thioether (sulfide) groups is 1. The molecule has 0 bridgehead atoms. The topological polar surface area (TPSA) is 88.5 Å². The maximum Gasteiger partial charge on any atom is 0.416 e. The van der Waals surface area contributed by atoms with E-state index in [-0.39, 0.29) is 12.2 Å². The van der Waals surface area contributed by atoms with Crippen molar-refractivity contribution in [1.29, 1.82) is 0 Å². The van der Waals surface area contributed by atoms with Gasteiger partial charge < -0.3 is 5.32 Å². The third kappa shape index (κ3) is 5.54. The lowest BCUT2D eigenvalue weighted by Gasteiger charge is -2.30. The van der Waals surface area contributed by atoms with Crippen LogP contribution in [-0.2, 0) is 27.1 Å². The van der Waals surface area contributed by atoms with Gasteiger partial charge in [-0.2, -0.15) is 13.2 Å². The Balaban J connectivity index is 1.40. The van der Waals surface area contributed by atoms with Crippen molar-refractivity contribution in [3.8, 4) is 0 Å². The number of halogens is 5. The fourth-order valence-corrected chi connectivity index (χ4v) is 8.40. The molecule has 3 heterocycles. The van der Waals surface area contributed by atoms with Gasteiger partial charge in [0.15, 0.2) is 0 Å². The molecule has 1 N–H and O–H groups in total. The van der Waals surface area contributed by atoms with E-state index in [1.807, 2.05) is 0 Å². The van der Waals surface area contributed by atoms with Crippen molar-refractivity contribution in [1.82, 2.24) is 4.57 Å². The maximum absolute atomic E-state index is 13.9. The first-order chi connectivity index (χ1) is 20.4. The van der Waals surface area contributed by atoms with Crippen LogP contribution in [0.5, 0.6) is 0 Å². The average Bonchev–Trinajstić information content (AvgIpc) is 3.40. The van der Waals surface area contributed by atoms with E-state index < -0.39 is 51.4 Å². The molecule has 2 aliphatic heterocycles. The van der Waals surface area contributed by atoms with Gasteiger partial charge >= 0.3 is 11.0 Å². The molecule has 1 fully saturated rings. The van der Waals surface area contributed by atoms with Gasteiger partial charge in [-0.05, 0) is 60.2 Å². The lowest BCUT2D eigenvalue weighted by Crippen LogP contribution is -2.33. The van der Waals surface area contributed by atoms with Crippen LogP contribution in [-0.4, -0.2) is 27.5 Å². The summed E-state index contributed by atoms with van der Waals surface area (Å²) in [6.07, 6.45) is -4.67. The van der Waals surface area contributed by atoms with Gasteiger partial charge in [0.1, 0.15) is 11.8 Å². The summed E-state index contributed by atoms with van der Waals surface area (Å²) >= 11 is 11.2. The zero-order valence-corrected chi connectivity index (χ0v) is 25.6. The van der Waals surface area contributed by atoms with E-state index in [4.69, 9.17) is 11.6 Å². The molecule has 14 heteroatoms. The molecule has 1 aromatic heterocycles. The molecule has 0 radical (unpaired) electrons. The van der Waals surface area contributed by atoms with Crippen molar-refractivity contribution >= 4 is 79.7 Å². The van der Waals surface area contributed by atoms with Crippen LogP contribution in [0.1, 0.15) is 21.9 Å². The number of hydrogen-bond donors (Lipinski definition) is 1. The number of carbonyl (C=O) groups excluding carboxylic acids is 3. The van der Waals surface area contributed by atoms with Crippen LogP contribution >= 0.6 is 50.6 Å². The Morgan fingerprint density at radius 1 is 0.977 bits per heavy atom. The van der Waals surface area contributed by atoms with E-state index in [0.29, 0.717) is 26.2 Å². The van der Waals surface area contributed by atoms with Crippen LogP contribution in [0.15, 0.2) is 87.1 Å². The number of carbonyl (C=O) groups is 3. The summed E-state index contributed by atoms with van der Waals surface area (Å²) < 4.78 is 42.5. The lowest BCUT2D eigenvalue weighted by molar-refractivity contribution is -0.137. The van der Waals surface area contributed by atoms with Crippen molar-refractivity contribution in [2.24, 2.45) is 5.92 Å². The first-order valence-corrected chi connectivity index (χ1v) is 15.5. The highest BCUT2D eigenvalue weighted by molar-refractivity contribution is 9.10. The van der Waals surface area contributed by atoms with E-state index in [2.05, 4.69) is 21.2 Å². The van der Waals surface area contributed by atoms with Crippen LogP contribution in [0.2, 0.25) is 5.02 Å². The Morgan fingerprint density at radius 2 is 1.67 bits per heavy atom. The molecule has 0 aliphatic carbocycles. The standard InChI is InChI=1S/C29H18BrClF3N3O4S2/c30-16-6-4-14(5-7-16)21-22-23(26(40)37(25(22)39)19-3-1-2-15(12-19)29(32,33)34)42-27-24(21)43-28(41)36(27)13-20(38)35-18-10-8-17(31)9-11-18/h1-12,21-23H,13H2,(H,35,38)/t21-,22-,23+/m0/s1. The number of imide groups is 1. The molecule has 3 atom stereocenters. The van der Waals surface area contributed by atoms with Gasteiger partial charge in [-0.1, -0.05) is 68.8 Å². The van der Waals surface area contributed by atoms with Crippen molar-refractivity contribution < 1.29 is 27.6 Å². The average molecular weight is 709 g/mol. The number of fused-ring (bicyclic) bond motifs is 2. The Morgan fingerprint density at radius 3 is 2.35 bits per heavy atom. The molecule has 1 saturated heterocycles. The Kier molecular flexibility index (Phi) is 7.78. The Labute approximate surface area is 263 Å². The van der Waals surface area contributed by atoms with Gasteiger partial charge in [-0.15, -0.1) is 0 Å². The number of nitrogens with one attached hydrogen (secondary N) is 1. The fourth-order valence-electron chi connectivity index (χ4n) is 5.24. The highest BCUT2D eigenvalue weighted by atomic mass is 79.9. The van der Waals surface area contributed by atoms with Gasteiger partial charge in [0.2, 0.25) is 17.7 Å². The number of nitrogens with zero attached hydrogens (tertiary/aromatic N) is 2. The molecule has 4 aromatic rings. The van der Waals surface area contributed by atoms with Crippen LogP contribution in [0.25, 0.3) is 0 Å². The number of rotatable bonds is 5. The minimum Gasteiger partial charge on any atom is -0.325 e. The molecule has 2 aliphatic rings. The molecule has 6 rings (SSSR count). The number of anilines is 2. The summed E-state index contributed by atoms with van der Waals surface area (Å²) in [5.41, 5.74) is -0.0548. The molecular formula is C29H18BrClF3N3O4S2. The Hall–Kier alpha value is -3.39. The second kappa shape index (κ2) is 11.3. The normalized spacial score (nSPS) is 19.7. The lowest BCUT2D eigenvalue weighted by atomic mass is 9.83.